The topological polar surface area (TPSA) is 118 Å². The van der Waals surface area contributed by atoms with Gasteiger partial charge in [-0.1, -0.05) is 0 Å². The van der Waals surface area contributed by atoms with E-state index in [1.807, 2.05) is 0 Å². The molecule has 2 aromatic heterocycles. The molecule has 0 bridgehead atoms. The average molecular weight is 502 g/mol. The van der Waals surface area contributed by atoms with Gasteiger partial charge in [-0.15, -0.1) is 11.3 Å². The van der Waals surface area contributed by atoms with Crippen LogP contribution in [-0.4, -0.2) is 47.4 Å². The van der Waals surface area contributed by atoms with E-state index in [-0.39, 0.29) is 40.6 Å². The van der Waals surface area contributed by atoms with E-state index in [0.29, 0.717) is 17.1 Å². The van der Waals surface area contributed by atoms with Crippen LogP contribution >= 0.6 is 11.3 Å². The maximum Gasteiger partial charge on any atom is 0.348 e. The Morgan fingerprint density at radius 2 is 1.77 bits per heavy atom. The Morgan fingerprint density at radius 1 is 1.09 bits per heavy atom. The number of ether oxygens (including phenoxy) is 4. The first-order chi connectivity index (χ1) is 16.7. The van der Waals surface area contributed by atoms with Crippen LogP contribution < -0.4 is 14.8 Å². The van der Waals surface area contributed by atoms with E-state index >= 15 is 0 Å². The summed E-state index contributed by atoms with van der Waals surface area (Å²) < 4.78 is 22.6. The lowest BCUT2D eigenvalue weighted by atomic mass is 10.1. The Bertz CT molecular complexity index is 1200. The lowest BCUT2D eigenvalue weighted by molar-refractivity contribution is 0.0379. The largest absolute Gasteiger partial charge is 0.497 e. The third-order valence-corrected chi connectivity index (χ3v) is 5.87. The fourth-order valence-corrected chi connectivity index (χ4v) is 4.13. The summed E-state index contributed by atoms with van der Waals surface area (Å²) in [6.45, 7) is 6.98. The van der Waals surface area contributed by atoms with Crippen molar-refractivity contribution in [2.45, 2.75) is 40.5 Å². The second-order valence-electron chi connectivity index (χ2n) is 7.58. The highest BCUT2D eigenvalue weighted by Crippen LogP contribution is 2.35. The smallest absolute Gasteiger partial charge is 0.348 e. The number of esters is 2. The molecule has 186 valence electrons. The molecule has 11 heteroatoms. The summed E-state index contributed by atoms with van der Waals surface area (Å²) in [4.78, 5) is 38.2. The van der Waals surface area contributed by atoms with Crippen molar-refractivity contribution in [3.8, 4) is 11.5 Å². The van der Waals surface area contributed by atoms with Crippen molar-refractivity contribution in [2.75, 3.05) is 19.0 Å². The molecule has 0 radical (unpaired) electrons. The highest BCUT2D eigenvalue weighted by atomic mass is 32.1. The third-order valence-electron chi connectivity index (χ3n) is 4.68. The van der Waals surface area contributed by atoms with Gasteiger partial charge in [0.1, 0.15) is 21.4 Å². The van der Waals surface area contributed by atoms with Gasteiger partial charge >= 0.3 is 11.9 Å². The Morgan fingerprint density at radius 3 is 2.40 bits per heavy atom. The Kier molecular flexibility index (Phi) is 8.48. The summed E-state index contributed by atoms with van der Waals surface area (Å²) in [5.41, 5.74) is 0.602. The van der Waals surface area contributed by atoms with Crippen LogP contribution in [0.5, 0.6) is 11.5 Å². The van der Waals surface area contributed by atoms with Gasteiger partial charge in [0.25, 0.3) is 5.91 Å². The van der Waals surface area contributed by atoms with Crippen LogP contribution in [0.2, 0.25) is 0 Å². The molecule has 10 nitrogen and oxygen atoms in total. The molecule has 0 aliphatic rings. The van der Waals surface area contributed by atoms with Crippen LogP contribution in [0.3, 0.4) is 0 Å². The fourth-order valence-electron chi connectivity index (χ4n) is 3.05. The first-order valence-electron chi connectivity index (χ1n) is 10.9. The number of carbonyl (C=O) groups is 3. The maximum absolute atomic E-state index is 12.9. The van der Waals surface area contributed by atoms with Crippen LogP contribution in [0.25, 0.3) is 0 Å². The molecule has 3 rings (SSSR count). The zero-order valence-electron chi connectivity index (χ0n) is 20.1. The number of hydrogen-bond donors (Lipinski definition) is 1. The molecule has 1 aromatic carbocycles. The molecule has 1 amide bonds. The van der Waals surface area contributed by atoms with Crippen molar-refractivity contribution in [1.82, 2.24) is 9.78 Å². The van der Waals surface area contributed by atoms with Crippen LogP contribution in [-0.2, 0) is 16.2 Å². The number of nitrogens with zero attached hydrogens (tertiary/aromatic N) is 2. The molecule has 35 heavy (non-hydrogen) atoms. The number of hydrogen-bond acceptors (Lipinski definition) is 9. The minimum atomic E-state index is -0.641. The zero-order chi connectivity index (χ0) is 25.5. The highest BCUT2D eigenvalue weighted by molar-refractivity contribution is 7.18. The minimum Gasteiger partial charge on any atom is -0.497 e. The maximum atomic E-state index is 12.9. The first kappa shape index (κ1) is 25.8. The molecule has 0 atom stereocenters. The number of nitrogens with one attached hydrogen (secondary N) is 1. The van der Waals surface area contributed by atoms with Gasteiger partial charge in [-0.25, -0.2) is 14.3 Å². The van der Waals surface area contributed by atoms with E-state index in [0.717, 1.165) is 11.3 Å². The lowest BCUT2D eigenvalue weighted by Gasteiger charge is -2.10. The standard InChI is InChI=1S/C24H27N3O7S/c1-6-32-24(30)20-15(4)19(23(29)34-14(2)3)22(35-20)25-21(28)18-11-12-27(26-18)13-33-17-9-7-16(31-5)8-10-17/h7-12,14H,6,13H2,1-5H3,(H,25,28). The predicted molar refractivity (Wildman–Crippen MR) is 129 cm³/mol. The van der Waals surface area contributed by atoms with Crippen molar-refractivity contribution in [3.05, 3.63) is 58.2 Å². The summed E-state index contributed by atoms with van der Waals surface area (Å²) in [5, 5.41) is 7.09. The normalized spacial score (nSPS) is 10.7. The molecule has 0 spiro atoms. The van der Waals surface area contributed by atoms with Gasteiger partial charge in [0.15, 0.2) is 12.4 Å². The molecule has 0 saturated carbocycles. The fraction of sp³-hybridized carbons (Fsp3) is 0.333. The molecule has 0 unspecified atom stereocenters. The summed E-state index contributed by atoms with van der Waals surface area (Å²) in [7, 11) is 1.58. The molecular weight excluding hydrogens is 474 g/mol. The highest BCUT2D eigenvalue weighted by Gasteiger charge is 2.28. The molecule has 3 aromatic rings. The molecule has 0 saturated heterocycles. The summed E-state index contributed by atoms with van der Waals surface area (Å²) in [6, 6.07) is 8.58. The van der Waals surface area contributed by atoms with Crippen molar-refractivity contribution >= 4 is 34.2 Å². The molecule has 0 aliphatic heterocycles. The van der Waals surface area contributed by atoms with Gasteiger partial charge in [0.2, 0.25) is 0 Å². The van der Waals surface area contributed by atoms with Gasteiger partial charge in [0.05, 0.1) is 25.4 Å². The number of carbonyl (C=O) groups excluding carboxylic acids is 3. The second kappa shape index (κ2) is 11.5. The summed E-state index contributed by atoms with van der Waals surface area (Å²) >= 11 is 0.953. The first-order valence-corrected chi connectivity index (χ1v) is 11.7. The number of thiophene rings is 1. The van der Waals surface area contributed by atoms with E-state index in [9.17, 15) is 14.4 Å². The Labute approximate surface area is 206 Å². The van der Waals surface area contributed by atoms with Crippen LogP contribution in [0.1, 0.15) is 56.9 Å². The van der Waals surface area contributed by atoms with Crippen molar-refractivity contribution < 1.29 is 33.3 Å². The van der Waals surface area contributed by atoms with Crippen molar-refractivity contribution in [1.29, 1.82) is 0 Å². The quantitative estimate of drug-likeness (QED) is 0.409. The number of amides is 1. The van der Waals surface area contributed by atoms with Gasteiger partial charge < -0.3 is 24.3 Å². The van der Waals surface area contributed by atoms with E-state index in [2.05, 4.69) is 10.4 Å². The number of anilines is 1. The van der Waals surface area contributed by atoms with Gasteiger partial charge in [-0.05, 0) is 63.6 Å². The molecule has 1 N–H and O–H groups in total. The molecule has 0 aliphatic carbocycles. The van der Waals surface area contributed by atoms with Gasteiger partial charge in [-0.2, -0.15) is 5.10 Å². The molecule has 0 fully saturated rings. The zero-order valence-corrected chi connectivity index (χ0v) is 20.9. The van der Waals surface area contributed by atoms with E-state index < -0.39 is 17.8 Å². The van der Waals surface area contributed by atoms with E-state index in [1.54, 1.807) is 65.3 Å². The van der Waals surface area contributed by atoms with Crippen molar-refractivity contribution in [2.24, 2.45) is 0 Å². The third kappa shape index (κ3) is 6.38. The van der Waals surface area contributed by atoms with Crippen LogP contribution in [0, 0.1) is 6.92 Å². The predicted octanol–water partition coefficient (Wildman–Crippen LogP) is 4.29. The summed E-state index contributed by atoms with van der Waals surface area (Å²) in [5.74, 6) is -0.446. The number of aromatic nitrogens is 2. The second-order valence-corrected chi connectivity index (χ2v) is 8.60. The van der Waals surface area contributed by atoms with Crippen molar-refractivity contribution in [3.63, 3.8) is 0 Å². The van der Waals surface area contributed by atoms with Crippen LogP contribution in [0.4, 0.5) is 5.00 Å². The number of rotatable bonds is 10. The SMILES string of the molecule is CCOC(=O)c1sc(NC(=O)c2ccn(COc3ccc(OC)cc3)n2)c(C(=O)OC(C)C)c1C. The van der Waals surface area contributed by atoms with Gasteiger partial charge in [0, 0.05) is 6.20 Å². The minimum absolute atomic E-state index is 0.0800. The van der Waals surface area contributed by atoms with Gasteiger partial charge in [-0.3, -0.25) is 4.79 Å². The van der Waals surface area contributed by atoms with Crippen LogP contribution in [0.15, 0.2) is 36.5 Å². The number of methoxy groups -OCH3 is 1. The monoisotopic (exact) mass is 501 g/mol. The lowest BCUT2D eigenvalue weighted by Crippen LogP contribution is -2.17. The Hall–Kier alpha value is -3.86. The molecule has 2 heterocycles. The summed E-state index contributed by atoms with van der Waals surface area (Å²) in [6.07, 6.45) is 1.22. The van der Waals surface area contributed by atoms with E-state index in [4.69, 9.17) is 18.9 Å². The molecular formula is C24H27N3O7S. The average Bonchev–Trinajstić information content (AvgIpc) is 3.42. The van der Waals surface area contributed by atoms with E-state index in [1.165, 1.54) is 10.7 Å². The Balaban J connectivity index is 1.76. The number of benzene rings is 1.